The summed E-state index contributed by atoms with van der Waals surface area (Å²) in [5, 5.41) is 2.68. The first-order valence-electron chi connectivity index (χ1n) is 4.71. The maximum atomic E-state index is 12.4. The molecule has 0 radical (unpaired) electrons. The summed E-state index contributed by atoms with van der Waals surface area (Å²) >= 11 is 0. The van der Waals surface area contributed by atoms with Crippen LogP contribution in [0.2, 0.25) is 0 Å². The van der Waals surface area contributed by atoms with Gasteiger partial charge in [-0.1, -0.05) is 6.92 Å². The Hall–Kier alpha value is -1.53. The summed E-state index contributed by atoms with van der Waals surface area (Å²) < 4.78 is 42.0. The number of rotatable bonds is 4. The molecule has 0 spiro atoms. The number of nitrogens with zero attached hydrogens (tertiary/aromatic N) is 2. The third kappa shape index (κ3) is 3.25. The van der Waals surface area contributed by atoms with Crippen LogP contribution in [0.25, 0.3) is 0 Å². The van der Waals surface area contributed by atoms with E-state index in [9.17, 15) is 13.2 Å². The summed E-state index contributed by atoms with van der Waals surface area (Å²) in [6.45, 7) is 2.39. The average Bonchev–Trinajstić information content (AvgIpc) is 2.24. The van der Waals surface area contributed by atoms with E-state index in [2.05, 4.69) is 20.0 Å². The van der Waals surface area contributed by atoms with Gasteiger partial charge in [-0.25, -0.2) is 4.98 Å². The third-order valence-electron chi connectivity index (χ3n) is 1.74. The number of alkyl halides is 3. The highest BCUT2D eigenvalue weighted by molar-refractivity contribution is 5.31. The van der Waals surface area contributed by atoms with Crippen LogP contribution >= 0.6 is 0 Å². The fraction of sp³-hybridized carbons (Fsp3) is 0.556. The van der Waals surface area contributed by atoms with E-state index in [1.165, 1.54) is 7.11 Å². The maximum Gasteiger partial charge on any atom is 0.433 e. The summed E-state index contributed by atoms with van der Waals surface area (Å²) in [4.78, 5) is 7.12. The fourth-order valence-electron chi connectivity index (χ4n) is 0.991. The molecule has 0 aliphatic heterocycles. The van der Waals surface area contributed by atoms with Crippen molar-refractivity contribution < 1.29 is 17.9 Å². The molecule has 0 aromatic carbocycles. The van der Waals surface area contributed by atoms with E-state index in [1.54, 1.807) is 0 Å². The van der Waals surface area contributed by atoms with Crippen LogP contribution < -0.4 is 10.1 Å². The Labute approximate surface area is 90.9 Å². The van der Waals surface area contributed by atoms with E-state index < -0.39 is 11.9 Å². The second-order valence-electron chi connectivity index (χ2n) is 3.04. The fourth-order valence-corrected chi connectivity index (χ4v) is 0.991. The van der Waals surface area contributed by atoms with Crippen LogP contribution in [0.3, 0.4) is 0 Å². The second kappa shape index (κ2) is 5.00. The summed E-state index contributed by atoms with van der Waals surface area (Å²) in [6, 6.07) is 0.761. The maximum absolute atomic E-state index is 12.4. The van der Waals surface area contributed by atoms with Gasteiger partial charge in [0.05, 0.1) is 7.11 Å². The Morgan fingerprint density at radius 1 is 1.38 bits per heavy atom. The first-order chi connectivity index (χ1) is 7.47. The van der Waals surface area contributed by atoms with E-state index in [4.69, 9.17) is 0 Å². The highest BCUT2D eigenvalue weighted by atomic mass is 19.4. The number of anilines is 1. The lowest BCUT2D eigenvalue weighted by Gasteiger charge is -2.10. The second-order valence-corrected chi connectivity index (χ2v) is 3.04. The van der Waals surface area contributed by atoms with E-state index in [0.717, 1.165) is 12.5 Å². The number of methoxy groups -OCH3 is 1. The molecule has 0 unspecified atom stereocenters. The molecule has 1 rings (SSSR count). The van der Waals surface area contributed by atoms with Crippen LogP contribution in [0.15, 0.2) is 6.07 Å². The molecular weight excluding hydrogens is 223 g/mol. The van der Waals surface area contributed by atoms with Crippen molar-refractivity contribution in [2.45, 2.75) is 19.5 Å². The summed E-state index contributed by atoms with van der Waals surface area (Å²) in [5.41, 5.74) is -1.02. The molecular formula is C9H12F3N3O. The SMILES string of the molecule is CCCNc1nc(OC)cc(C(F)(F)F)n1. The van der Waals surface area contributed by atoms with Crippen LogP contribution in [0.4, 0.5) is 19.1 Å². The minimum absolute atomic E-state index is 0.0754. The molecule has 90 valence electrons. The van der Waals surface area contributed by atoms with Crippen molar-refractivity contribution in [3.63, 3.8) is 0 Å². The van der Waals surface area contributed by atoms with Crippen LogP contribution in [0, 0.1) is 0 Å². The van der Waals surface area contributed by atoms with Crippen molar-refractivity contribution in [1.29, 1.82) is 0 Å². The Kier molecular flexibility index (Phi) is 3.92. The van der Waals surface area contributed by atoms with Crippen molar-refractivity contribution in [2.75, 3.05) is 19.0 Å². The molecule has 1 aromatic heterocycles. The predicted molar refractivity (Wildman–Crippen MR) is 52.4 cm³/mol. The zero-order valence-electron chi connectivity index (χ0n) is 8.93. The van der Waals surface area contributed by atoms with Crippen molar-refractivity contribution >= 4 is 5.95 Å². The monoisotopic (exact) mass is 235 g/mol. The van der Waals surface area contributed by atoms with Crippen LogP contribution in [0.5, 0.6) is 5.88 Å². The van der Waals surface area contributed by atoms with Gasteiger partial charge in [-0.05, 0) is 6.42 Å². The van der Waals surface area contributed by atoms with Gasteiger partial charge in [-0.3, -0.25) is 0 Å². The van der Waals surface area contributed by atoms with Gasteiger partial charge in [0.1, 0.15) is 0 Å². The minimum Gasteiger partial charge on any atom is -0.481 e. The lowest BCUT2D eigenvalue weighted by molar-refractivity contribution is -0.141. The summed E-state index contributed by atoms with van der Waals surface area (Å²) in [6.07, 6.45) is -3.74. The number of nitrogens with one attached hydrogen (secondary N) is 1. The van der Waals surface area contributed by atoms with Crippen molar-refractivity contribution in [1.82, 2.24) is 9.97 Å². The lowest BCUT2D eigenvalue weighted by atomic mass is 10.4. The Morgan fingerprint density at radius 2 is 2.06 bits per heavy atom. The molecule has 0 aliphatic rings. The molecule has 1 heterocycles. The summed E-state index contributed by atoms with van der Waals surface area (Å²) in [7, 11) is 1.26. The number of aromatic nitrogens is 2. The zero-order valence-corrected chi connectivity index (χ0v) is 8.93. The molecule has 0 saturated heterocycles. The predicted octanol–water partition coefficient (Wildman–Crippen LogP) is 2.33. The van der Waals surface area contributed by atoms with Crippen LogP contribution in [-0.2, 0) is 6.18 Å². The van der Waals surface area contributed by atoms with Gasteiger partial charge in [0.15, 0.2) is 5.69 Å². The molecule has 0 aliphatic carbocycles. The van der Waals surface area contributed by atoms with Crippen molar-refractivity contribution in [3.05, 3.63) is 11.8 Å². The van der Waals surface area contributed by atoms with Gasteiger partial charge >= 0.3 is 6.18 Å². The molecule has 4 nitrogen and oxygen atoms in total. The Morgan fingerprint density at radius 3 is 2.56 bits per heavy atom. The molecule has 0 amide bonds. The van der Waals surface area contributed by atoms with Gasteiger partial charge in [-0.15, -0.1) is 0 Å². The quantitative estimate of drug-likeness (QED) is 0.870. The molecule has 16 heavy (non-hydrogen) atoms. The Bertz CT molecular complexity index is 354. The van der Waals surface area contributed by atoms with Gasteiger partial charge < -0.3 is 10.1 Å². The standard InChI is InChI=1S/C9H12F3N3O/c1-3-4-13-8-14-6(9(10,11)12)5-7(15-8)16-2/h5H,3-4H2,1-2H3,(H,13,14,15). The van der Waals surface area contributed by atoms with Gasteiger partial charge in [-0.2, -0.15) is 18.2 Å². The molecule has 0 saturated carbocycles. The van der Waals surface area contributed by atoms with E-state index in [0.29, 0.717) is 6.54 Å². The number of halogens is 3. The van der Waals surface area contributed by atoms with Gasteiger partial charge in [0.2, 0.25) is 11.8 Å². The van der Waals surface area contributed by atoms with Crippen LogP contribution in [0.1, 0.15) is 19.0 Å². The Balaban J connectivity index is 3.01. The smallest absolute Gasteiger partial charge is 0.433 e. The molecule has 0 fully saturated rings. The van der Waals surface area contributed by atoms with E-state index >= 15 is 0 Å². The zero-order chi connectivity index (χ0) is 12.2. The number of hydrogen-bond acceptors (Lipinski definition) is 4. The van der Waals surface area contributed by atoms with E-state index in [1.807, 2.05) is 6.92 Å². The molecule has 7 heteroatoms. The normalized spacial score (nSPS) is 11.3. The molecule has 1 N–H and O–H groups in total. The van der Waals surface area contributed by atoms with Crippen LogP contribution in [-0.4, -0.2) is 23.6 Å². The number of ether oxygens (including phenoxy) is 1. The minimum atomic E-state index is -4.50. The van der Waals surface area contributed by atoms with E-state index in [-0.39, 0.29) is 11.8 Å². The van der Waals surface area contributed by atoms with Gasteiger partial charge in [0, 0.05) is 12.6 Å². The number of hydrogen-bond donors (Lipinski definition) is 1. The first-order valence-corrected chi connectivity index (χ1v) is 4.71. The first kappa shape index (κ1) is 12.5. The largest absolute Gasteiger partial charge is 0.481 e. The van der Waals surface area contributed by atoms with Crippen molar-refractivity contribution in [2.24, 2.45) is 0 Å². The van der Waals surface area contributed by atoms with Crippen molar-refractivity contribution in [3.8, 4) is 5.88 Å². The molecule has 0 bridgehead atoms. The molecule has 1 aromatic rings. The lowest BCUT2D eigenvalue weighted by Crippen LogP contribution is -2.13. The highest BCUT2D eigenvalue weighted by Gasteiger charge is 2.33. The summed E-state index contributed by atoms with van der Waals surface area (Å²) in [5.74, 6) is -0.186. The molecule has 0 atom stereocenters. The third-order valence-corrected chi connectivity index (χ3v) is 1.74. The van der Waals surface area contributed by atoms with Gasteiger partial charge in [0.25, 0.3) is 0 Å². The average molecular weight is 235 g/mol. The highest BCUT2D eigenvalue weighted by Crippen LogP contribution is 2.30. The topological polar surface area (TPSA) is 47.0 Å².